The van der Waals surface area contributed by atoms with Gasteiger partial charge in [0, 0.05) is 24.1 Å². The van der Waals surface area contributed by atoms with Crippen LogP contribution in [0, 0.1) is 24.6 Å². The quantitative estimate of drug-likeness (QED) is 0.864. The minimum atomic E-state index is -0.279. The molecule has 24 heavy (non-hydrogen) atoms. The fraction of sp³-hybridized carbons (Fsp3) is 0.389. The molecule has 3 amide bonds. The fourth-order valence-corrected chi connectivity index (χ4v) is 3.53. The van der Waals surface area contributed by atoms with E-state index in [9.17, 15) is 14.0 Å². The Labute approximate surface area is 139 Å². The van der Waals surface area contributed by atoms with E-state index in [1.54, 1.807) is 19.1 Å². The first-order valence-corrected chi connectivity index (χ1v) is 8.13. The number of nitrogens with one attached hydrogen (secondary N) is 1. The Balaban J connectivity index is 1.43. The number of amides is 3. The Morgan fingerprint density at radius 1 is 1.33 bits per heavy atom. The average Bonchev–Trinajstić information content (AvgIpc) is 3.29. The second-order valence-electron chi connectivity index (χ2n) is 6.60. The molecule has 0 spiro atoms. The predicted molar refractivity (Wildman–Crippen MR) is 87.3 cm³/mol. The summed E-state index contributed by atoms with van der Waals surface area (Å²) >= 11 is 0. The number of imide groups is 1. The summed E-state index contributed by atoms with van der Waals surface area (Å²) in [5.41, 5.74) is 2.36. The molecule has 2 fully saturated rings. The molecule has 3 aliphatic rings. The van der Waals surface area contributed by atoms with Crippen molar-refractivity contribution in [3.63, 3.8) is 0 Å². The summed E-state index contributed by atoms with van der Waals surface area (Å²) < 4.78 is 13.4. The molecule has 2 heterocycles. The van der Waals surface area contributed by atoms with Gasteiger partial charge in [-0.15, -0.1) is 0 Å². The third-order valence-corrected chi connectivity index (χ3v) is 4.99. The largest absolute Gasteiger partial charge is 0.329 e. The van der Waals surface area contributed by atoms with Crippen LogP contribution in [0.15, 0.2) is 35.3 Å². The van der Waals surface area contributed by atoms with Crippen LogP contribution in [0.2, 0.25) is 0 Å². The first-order valence-electron chi connectivity index (χ1n) is 8.13. The topological polar surface area (TPSA) is 61.8 Å². The summed E-state index contributed by atoms with van der Waals surface area (Å²) in [4.78, 5) is 29.4. The van der Waals surface area contributed by atoms with Gasteiger partial charge in [-0.05, 0) is 49.1 Å². The average molecular weight is 327 g/mol. The number of nitrogens with zero attached hydrogens (tertiary/aromatic N) is 2. The van der Waals surface area contributed by atoms with Crippen molar-refractivity contribution in [1.82, 2.24) is 10.2 Å². The number of urea groups is 1. The van der Waals surface area contributed by atoms with E-state index in [1.807, 2.05) is 6.08 Å². The molecule has 4 rings (SSSR count). The number of benzene rings is 1. The normalized spacial score (nSPS) is 28.8. The maximum Gasteiger partial charge on any atom is 0.324 e. The molecule has 0 aromatic heterocycles. The number of dihydropyridines is 1. The predicted octanol–water partition coefficient (Wildman–Crippen LogP) is 2.05. The van der Waals surface area contributed by atoms with Gasteiger partial charge < -0.3 is 5.32 Å². The van der Waals surface area contributed by atoms with Gasteiger partial charge in [0.1, 0.15) is 5.82 Å². The summed E-state index contributed by atoms with van der Waals surface area (Å²) in [6, 6.07) is 4.71. The minimum Gasteiger partial charge on any atom is -0.329 e. The summed E-state index contributed by atoms with van der Waals surface area (Å²) in [5.74, 6) is 0.167. The van der Waals surface area contributed by atoms with Crippen LogP contribution in [0.3, 0.4) is 0 Å². The van der Waals surface area contributed by atoms with Crippen molar-refractivity contribution >= 4 is 17.6 Å². The van der Waals surface area contributed by atoms with Gasteiger partial charge in [0.15, 0.2) is 0 Å². The van der Waals surface area contributed by atoms with Crippen molar-refractivity contribution < 1.29 is 14.0 Å². The van der Waals surface area contributed by atoms with Crippen molar-refractivity contribution in [2.45, 2.75) is 19.4 Å². The van der Waals surface area contributed by atoms with Crippen LogP contribution in [0.5, 0.6) is 0 Å². The smallest absolute Gasteiger partial charge is 0.324 e. The molecule has 1 unspecified atom stereocenters. The molecule has 1 saturated carbocycles. The van der Waals surface area contributed by atoms with Gasteiger partial charge in [0.25, 0.3) is 0 Å². The van der Waals surface area contributed by atoms with Crippen molar-refractivity contribution in [1.29, 1.82) is 0 Å². The number of halogens is 1. The first kappa shape index (κ1) is 15.1. The molecule has 5 nitrogen and oxygen atoms in total. The summed E-state index contributed by atoms with van der Waals surface area (Å²) in [6.07, 6.45) is 4.90. The molecule has 0 radical (unpaired) electrons. The van der Waals surface area contributed by atoms with E-state index in [4.69, 9.17) is 0 Å². The van der Waals surface area contributed by atoms with Crippen LogP contribution >= 0.6 is 0 Å². The SMILES string of the molecule is Cc1cc(C2=NCC([C@@H]3C[C@H]3N3C(=O)CNC3=O)C=C2)ccc1F. The lowest BCUT2D eigenvalue weighted by Gasteiger charge is -2.18. The molecule has 0 bridgehead atoms. The number of carbonyl (C=O) groups is 2. The van der Waals surface area contributed by atoms with Gasteiger partial charge >= 0.3 is 6.03 Å². The molecule has 1 aliphatic carbocycles. The number of carbonyl (C=O) groups excluding carboxylic acids is 2. The van der Waals surface area contributed by atoms with E-state index in [0.29, 0.717) is 12.1 Å². The van der Waals surface area contributed by atoms with E-state index in [-0.39, 0.29) is 42.2 Å². The highest BCUT2D eigenvalue weighted by Crippen LogP contribution is 2.44. The highest BCUT2D eigenvalue weighted by molar-refractivity contribution is 6.09. The number of aliphatic imine (C=N–C) groups is 1. The third kappa shape index (κ3) is 2.52. The number of hydrogen-bond acceptors (Lipinski definition) is 3. The standard InChI is InChI=1S/C18H18FN3O2/c1-10-6-11(2-4-14(10)19)15-5-3-12(8-20-15)13-7-16(13)22-17(23)9-21-18(22)24/h2-6,12-13,16H,7-9H2,1H3,(H,21,24)/t12?,13-,16+/m0/s1. The maximum atomic E-state index is 13.4. The van der Waals surface area contributed by atoms with E-state index in [1.165, 1.54) is 11.0 Å². The third-order valence-electron chi connectivity index (χ3n) is 4.99. The molecule has 124 valence electrons. The minimum absolute atomic E-state index is 0.000495. The molecule has 1 aromatic rings. The van der Waals surface area contributed by atoms with Gasteiger partial charge in [-0.1, -0.05) is 6.08 Å². The van der Waals surface area contributed by atoms with Gasteiger partial charge in [-0.25, -0.2) is 9.18 Å². The molecular weight excluding hydrogens is 309 g/mol. The van der Waals surface area contributed by atoms with E-state index >= 15 is 0 Å². The molecule has 3 atom stereocenters. The van der Waals surface area contributed by atoms with Crippen molar-refractivity contribution in [3.8, 4) is 0 Å². The number of hydrogen-bond donors (Lipinski definition) is 1. The van der Waals surface area contributed by atoms with Gasteiger partial charge in [-0.2, -0.15) is 0 Å². The Morgan fingerprint density at radius 2 is 2.17 bits per heavy atom. The maximum absolute atomic E-state index is 13.4. The van der Waals surface area contributed by atoms with E-state index < -0.39 is 0 Å². The second-order valence-corrected chi connectivity index (χ2v) is 6.60. The van der Waals surface area contributed by atoms with E-state index in [0.717, 1.165) is 17.7 Å². The molecule has 2 aliphatic heterocycles. The molecular formula is C18H18FN3O2. The van der Waals surface area contributed by atoms with Crippen molar-refractivity contribution in [2.24, 2.45) is 16.8 Å². The zero-order valence-corrected chi connectivity index (χ0v) is 13.3. The lowest BCUT2D eigenvalue weighted by Crippen LogP contribution is -2.35. The van der Waals surface area contributed by atoms with Gasteiger partial charge in [0.05, 0.1) is 12.3 Å². The van der Waals surface area contributed by atoms with Crippen LogP contribution in [0.4, 0.5) is 9.18 Å². The number of aryl methyl sites for hydroxylation is 1. The van der Waals surface area contributed by atoms with Crippen molar-refractivity contribution in [3.05, 3.63) is 47.3 Å². The highest BCUT2D eigenvalue weighted by Gasteiger charge is 2.51. The summed E-state index contributed by atoms with van der Waals surface area (Å²) in [5, 5.41) is 2.56. The number of allylic oxidation sites excluding steroid dienone is 1. The van der Waals surface area contributed by atoms with Crippen LogP contribution in [0.1, 0.15) is 17.5 Å². The van der Waals surface area contributed by atoms with Crippen LogP contribution < -0.4 is 5.32 Å². The Hall–Kier alpha value is -2.50. The molecule has 1 N–H and O–H groups in total. The van der Waals surface area contributed by atoms with Gasteiger partial charge in [-0.3, -0.25) is 14.7 Å². The zero-order valence-electron chi connectivity index (χ0n) is 13.3. The van der Waals surface area contributed by atoms with Crippen LogP contribution in [0.25, 0.3) is 0 Å². The Morgan fingerprint density at radius 3 is 2.79 bits per heavy atom. The Bertz CT molecular complexity index is 770. The summed E-state index contributed by atoms with van der Waals surface area (Å²) in [7, 11) is 0. The zero-order chi connectivity index (χ0) is 16.8. The van der Waals surface area contributed by atoms with Gasteiger partial charge in [0.2, 0.25) is 5.91 Å². The molecule has 6 heteroatoms. The Kier molecular flexibility index (Phi) is 3.48. The molecule has 1 aromatic carbocycles. The monoisotopic (exact) mass is 327 g/mol. The highest BCUT2D eigenvalue weighted by atomic mass is 19.1. The van der Waals surface area contributed by atoms with Crippen molar-refractivity contribution in [2.75, 3.05) is 13.1 Å². The second kappa shape index (κ2) is 5.54. The number of rotatable bonds is 3. The molecule has 1 saturated heterocycles. The lowest BCUT2D eigenvalue weighted by atomic mass is 9.97. The fourth-order valence-electron chi connectivity index (χ4n) is 3.53. The van der Waals surface area contributed by atoms with Crippen LogP contribution in [-0.4, -0.2) is 41.7 Å². The lowest BCUT2D eigenvalue weighted by molar-refractivity contribution is -0.125. The van der Waals surface area contributed by atoms with E-state index in [2.05, 4.69) is 16.4 Å². The van der Waals surface area contributed by atoms with Crippen LogP contribution in [-0.2, 0) is 4.79 Å². The first-order chi connectivity index (χ1) is 11.5. The summed E-state index contributed by atoms with van der Waals surface area (Å²) in [6.45, 7) is 2.48.